The molecular weight excluding hydrogens is 256 g/mol. The standard InChI is InChI=1S/C11H9ClN4O2/c12-10-3-4-11(16-14-10)15-13-6-7-1-2-8(17)5-9(7)18/h1-6,17-18H,(H,15,16). The molecule has 0 unspecified atom stereocenters. The number of anilines is 1. The predicted octanol–water partition coefficient (Wildman–Crippen LogP) is 1.99. The lowest BCUT2D eigenvalue weighted by molar-refractivity contribution is 0.450. The van der Waals surface area contributed by atoms with E-state index in [1.807, 2.05) is 0 Å². The lowest BCUT2D eigenvalue weighted by Gasteiger charge is -2.00. The van der Waals surface area contributed by atoms with Crippen molar-refractivity contribution in [2.45, 2.75) is 0 Å². The molecule has 0 aliphatic rings. The smallest absolute Gasteiger partial charge is 0.168 e. The summed E-state index contributed by atoms with van der Waals surface area (Å²) in [6.45, 7) is 0. The number of aromatic hydroxyl groups is 2. The Balaban J connectivity index is 2.05. The van der Waals surface area contributed by atoms with E-state index in [9.17, 15) is 5.11 Å². The van der Waals surface area contributed by atoms with Crippen LogP contribution in [-0.4, -0.2) is 26.6 Å². The number of hydrogen-bond donors (Lipinski definition) is 3. The molecule has 0 bridgehead atoms. The van der Waals surface area contributed by atoms with E-state index < -0.39 is 0 Å². The third kappa shape index (κ3) is 3.08. The van der Waals surface area contributed by atoms with Crippen LogP contribution in [0.2, 0.25) is 5.15 Å². The van der Waals surface area contributed by atoms with Gasteiger partial charge in [-0.3, -0.25) is 5.43 Å². The summed E-state index contributed by atoms with van der Waals surface area (Å²) in [7, 11) is 0. The van der Waals surface area contributed by atoms with Crippen LogP contribution in [0.15, 0.2) is 35.4 Å². The van der Waals surface area contributed by atoms with Crippen LogP contribution in [0.1, 0.15) is 5.56 Å². The number of phenolic OH excluding ortho intramolecular Hbond substituents is 2. The molecule has 2 rings (SSSR count). The van der Waals surface area contributed by atoms with Gasteiger partial charge in [-0.1, -0.05) is 11.6 Å². The summed E-state index contributed by atoms with van der Waals surface area (Å²) in [5.41, 5.74) is 3.09. The summed E-state index contributed by atoms with van der Waals surface area (Å²) in [4.78, 5) is 0. The molecule has 1 aromatic carbocycles. The van der Waals surface area contributed by atoms with Gasteiger partial charge in [-0.2, -0.15) is 5.10 Å². The van der Waals surface area contributed by atoms with Gasteiger partial charge in [0.25, 0.3) is 0 Å². The lowest BCUT2D eigenvalue weighted by Crippen LogP contribution is -1.95. The van der Waals surface area contributed by atoms with Crippen molar-refractivity contribution in [1.82, 2.24) is 10.2 Å². The summed E-state index contributed by atoms with van der Waals surface area (Å²) >= 11 is 5.58. The fourth-order valence-electron chi connectivity index (χ4n) is 1.18. The molecule has 1 heterocycles. The Morgan fingerprint density at radius 3 is 2.67 bits per heavy atom. The zero-order valence-corrected chi connectivity index (χ0v) is 9.83. The summed E-state index contributed by atoms with van der Waals surface area (Å²) in [5.74, 6) is 0.345. The van der Waals surface area contributed by atoms with Crippen LogP contribution < -0.4 is 5.43 Å². The summed E-state index contributed by atoms with van der Waals surface area (Å²) in [5, 5.41) is 30.1. The van der Waals surface area contributed by atoms with Crippen molar-refractivity contribution in [2.24, 2.45) is 5.10 Å². The molecular formula is C11H9ClN4O2. The number of hydrazone groups is 1. The normalized spacial score (nSPS) is 10.7. The van der Waals surface area contributed by atoms with Crippen LogP contribution >= 0.6 is 11.6 Å². The first-order valence-electron chi connectivity index (χ1n) is 4.95. The van der Waals surface area contributed by atoms with E-state index in [4.69, 9.17) is 16.7 Å². The Hall–Kier alpha value is -2.34. The maximum atomic E-state index is 9.50. The molecule has 0 aliphatic carbocycles. The van der Waals surface area contributed by atoms with E-state index in [0.717, 1.165) is 0 Å². The summed E-state index contributed by atoms with van der Waals surface area (Å²) in [6, 6.07) is 7.39. The average Bonchev–Trinajstić information content (AvgIpc) is 2.34. The Kier molecular flexibility index (Phi) is 3.59. The third-order valence-corrected chi connectivity index (χ3v) is 2.23. The van der Waals surface area contributed by atoms with Crippen molar-refractivity contribution < 1.29 is 10.2 Å². The van der Waals surface area contributed by atoms with Crippen LogP contribution in [0, 0.1) is 0 Å². The van der Waals surface area contributed by atoms with Crippen LogP contribution in [0.3, 0.4) is 0 Å². The molecule has 0 spiro atoms. The number of nitrogens with one attached hydrogen (secondary N) is 1. The topological polar surface area (TPSA) is 90.6 Å². The highest BCUT2D eigenvalue weighted by Crippen LogP contribution is 2.20. The van der Waals surface area contributed by atoms with Crippen molar-refractivity contribution in [2.75, 3.05) is 5.43 Å². The molecule has 7 heteroatoms. The van der Waals surface area contributed by atoms with Gasteiger partial charge in [-0.25, -0.2) is 0 Å². The van der Waals surface area contributed by atoms with Crippen LogP contribution in [0.4, 0.5) is 5.82 Å². The van der Waals surface area contributed by atoms with E-state index in [0.29, 0.717) is 16.5 Å². The van der Waals surface area contributed by atoms with Crippen molar-refractivity contribution >= 4 is 23.6 Å². The van der Waals surface area contributed by atoms with Crippen LogP contribution in [0.5, 0.6) is 11.5 Å². The third-order valence-electron chi connectivity index (χ3n) is 2.03. The first-order chi connectivity index (χ1) is 8.65. The maximum absolute atomic E-state index is 9.50. The van der Waals surface area contributed by atoms with E-state index in [1.54, 1.807) is 12.1 Å². The molecule has 0 saturated carbocycles. The minimum Gasteiger partial charge on any atom is -0.508 e. The van der Waals surface area contributed by atoms with Gasteiger partial charge in [0.05, 0.1) is 6.21 Å². The van der Waals surface area contributed by atoms with Gasteiger partial charge in [-0.15, -0.1) is 10.2 Å². The molecule has 0 atom stereocenters. The van der Waals surface area contributed by atoms with E-state index in [1.165, 1.54) is 24.4 Å². The fourth-order valence-corrected chi connectivity index (χ4v) is 1.29. The second-order valence-corrected chi connectivity index (χ2v) is 3.74. The molecule has 2 aromatic rings. The molecule has 0 radical (unpaired) electrons. The monoisotopic (exact) mass is 264 g/mol. The van der Waals surface area contributed by atoms with E-state index in [2.05, 4.69) is 20.7 Å². The summed E-state index contributed by atoms with van der Waals surface area (Å²) in [6.07, 6.45) is 1.39. The quantitative estimate of drug-likeness (QED) is 0.582. The zero-order valence-electron chi connectivity index (χ0n) is 9.08. The Morgan fingerprint density at radius 2 is 2.00 bits per heavy atom. The van der Waals surface area contributed by atoms with Crippen LogP contribution in [0.25, 0.3) is 0 Å². The minimum absolute atomic E-state index is 0.0128. The second kappa shape index (κ2) is 5.33. The molecule has 92 valence electrons. The molecule has 0 aliphatic heterocycles. The zero-order chi connectivity index (χ0) is 13.0. The van der Waals surface area contributed by atoms with Gasteiger partial charge in [0.15, 0.2) is 11.0 Å². The number of halogens is 1. The molecule has 0 amide bonds. The van der Waals surface area contributed by atoms with Crippen molar-refractivity contribution in [3.8, 4) is 11.5 Å². The minimum atomic E-state index is -0.0669. The van der Waals surface area contributed by atoms with Gasteiger partial charge in [0.2, 0.25) is 0 Å². The highest BCUT2D eigenvalue weighted by Gasteiger charge is 1.99. The predicted molar refractivity (Wildman–Crippen MR) is 68.0 cm³/mol. The van der Waals surface area contributed by atoms with E-state index >= 15 is 0 Å². The number of benzene rings is 1. The largest absolute Gasteiger partial charge is 0.508 e. The Morgan fingerprint density at radius 1 is 1.17 bits per heavy atom. The number of rotatable bonds is 3. The molecule has 0 fully saturated rings. The first-order valence-corrected chi connectivity index (χ1v) is 5.33. The van der Waals surface area contributed by atoms with Gasteiger partial charge in [0.1, 0.15) is 11.5 Å². The molecule has 18 heavy (non-hydrogen) atoms. The van der Waals surface area contributed by atoms with Gasteiger partial charge >= 0.3 is 0 Å². The van der Waals surface area contributed by atoms with Gasteiger partial charge in [0, 0.05) is 11.6 Å². The van der Waals surface area contributed by atoms with Gasteiger partial charge < -0.3 is 10.2 Å². The highest BCUT2D eigenvalue weighted by molar-refractivity contribution is 6.29. The summed E-state index contributed by atoms with van der Waals surface area (Å²) < 4.78 is 0. The number of aromatic nitrogens is 2. The van der Waals surface area contributed by atoms with Crippen molar-refractivity contribution in [3.63, 3.8) is 0 Å². The van der Waals surface area contributed by atoms with Crippen molar-refractivity contribution in [3.05, 3.63) is 41.0 Å². The van der Waals surface area contributed by atoms with E-state index in [-0.39, 0.29) is 11.5 Å². The molecule has 3 N–H and O–H groups in total. The molecule has 0 saturated heterocycles. The average molecular weight is 265 g/mol. The number of phenols is 2. The second-order valence-electron chi connectivity index (χ2n) is 3.35. The fraction of sp³-hybridized carbons (Fsp3) is 0. The van der Waals surface area contributed by atoms with Crippen molar-refractivity contribution in [1.29, 1.82) is 0 Å². The van der Waals surface area contributed by atoms with Crippen LogP contribution in [-0.2, 0) is 0 Å². The number of nitrogens with zero attached hydrogens (tertiary/aromatic N) is 3. The maximum Gasteiger partial charge on any atom is 0.168 e. The Labute approximate surface area is 108 Å². The lowest BCUT2D eigenvalue weighted by atomic mass is 10.2. The highest BCUT2D eigenvalue weighted by atomic mass is 35.5. The number of hydrogen-bond acceptors (Lipinski definition) is 6. The first kappa shape index (κ1) is 12.1. The SMILES string of the molecule is Oc1ccc(C=NNc2ccc(Cl)nn2)c(O)c1. The Bertz CT molecular complexity index is 572. The molecule has 1 aromatic heterocycles. The molecule has 6 nitrogen and oxygen atoms in total. The van der Waals surface area contributed by atoms with Gasteiger partial charge in [-0.05, 0) is 24.3 Å².